The van der Waals surface area contributed by atoms with Crippen LogP contribution in [0.3, 0.4) is 0 Å². The van der Waals surface area contributed by atoms with Crippen LogP contribution in [0.5, 0.6) is 0 Å². The van der Waals surface area contributed by atoms with Crippen molar-refractivity contribution in [3.63, 3.8) is 0 Å². The van der Waals surface area contributed by atoms with Crippen LogP contribution in [0.2, 0.25) is 0 Å². The third-order valence-electron chi connectivity index (χ3n) is 3.40. The van der Waals surface area contributed by atoms with E-state index in [1.165, 1.54) is 18.9 Å². The number of aryl methyl sites for hydroxylation is 1. The maximum Gasteiger partial charge on any atom is 0.126 e. The lowest BCUT2D eigenvalue weighted by Crippen LogP contribution is -2.11. The lowest BCUT2D eigenvalue weighted by Gasteiger charge is -2.05. The summed E-state index contributed by atoms with van der Waals surface area (Å²) in [6, 6.07) is 5.28. The van der Waals surface area contributed by atoms with E-state index in [9.17, 15) is 4.39 Å². The lowest BCUT2D eigenvalue weighted by atomic mass is 10.1. The molecule has 0 amide bonds. The molecule has 18 heavy (non-hydrogen) atoms. The first-order valence-corrected chi connectivity index (χ1v) is 7.00. The van der Waals surface area contributed by atoms with Gasteiger partial charge in [0.2, 0.25) is 0 Å². The van der Waals surface area contributed by atoms with E-state index in [1.54, 1.807) is 24.3 Å². The predicted molar refractivity (Wildman–Crippen MR) is 71.9 cm³/mol. The summed E-state index contributed by atoms with van der Waals surface area (Å²) >= 11 is 1.57. The van der Waals surface area contributed by atoms with E-state index in [2.05, 4.69) is 4.98 Å². The van der Waals surface area contributed by atoms with Crippen molar-refractivity contribution in [3.05, 3.63) is 40.0 Å². The van der Waals surface area contributed by atoms with Gasteiger partial charge in [-0.25, -0.2) is 9.37 Å². The Hall–Kier alpha value is -1.26. The highest BCUT2D eigenvalue weighted by atomic mass is 32.1. The highest BCUT2D eigenvalue weighted by molar-refractivity contribution is 7.10. The second-order valence-electron chi connectivity index (χ2n) is 4.90. The molecule has 1 fully saturated rings. The van der Waals surface area contributed by atoms with E-state index < -0.39 is 0 Å². The van der Waals surface area contributed by atoms with Crippen LogP contribution in [0, 0.1) is 18.7 Å². The van der Waals surface area contributed by atoms with Gasteiger partial charge in [-0.15, -0.1) is 11.3 Å². The van der Waals surface area contributed by atoms with Crippen molar-refractivity contribution in [2.45, 2.75) is 25.8 Å². The number of hydrogen-bond acceptors (Lipinski definition) is 3. The fourth-order valence-corrected chi connectivity index (χ4v) is 2.90. The Morgan fingerprint density at radius 1 is 1.44 bits per heavy atom. The standard InChI is InChI=1S/C14H15FN2S/c1-8-2-3-10(6-11(8)15)12-7-18-14(17-12)13(16)9-4-5-9/h2-3,6-7,9,13H,4-5,16H2,1H3. The Morgan fingerprint density at radius 2 is 2.22 bits per heavy atom. The van der Waals surface area contributed by atoms with Crippen LogP contribution in [-0.2, 0) is 0 Å². The van der Waals surface area contributed by atoms with E-state index in [1.807, 2.05) is 11.4 Å². The zero-order valence-electron chi connectivity index (χ0n) is 10.2. The molecule has 1 saturated carbocycles. The molecule has 2 aromatic rings. The van der Waals surface area contributed by atoms with Crippen LogP contribution < -0.4 is 5.73 Å². The number of aromatic nitrogens is 1. The highest BCUT2D eigenvalue weighted by Crippen LogP contribution is 2.40. The molecule has 4 heteroatoms. The van der Waals surface area contributed by atoms with Gasteiger partial charge < -0.3 is 5.73 Å². The molecule has 1 heterocycles. The van der Waals surface area contributed by atoms with Gasteiger partial charge in [-0.05, 0) is 37.3 Å². The number of benzene rings is 1. The molecule has 0 spiro atoms. The second kappa shape index (κ2) is 4.44. The minimum absolute atomic E-state index is 0.0547. The Balaban J connectivity index is 1.89. The number of thiazole rings is 1. The zero-order valence-corrected chi connectivity index (χ0v) is 11.0. The first-order valence-electron chi connectivity index (χ1n) is 6.12. The Labute approximate surface area is 110 Å². The van der Waals surface area contributed by atoms with Crippen molar-refractivity contribution >= 4 is 11.3 Å². The number of halogens is 1. The van der Waals surface area contributed by atoms with Crippen molar-refractivity contribution in [1.82, 2.24) is 4.98 Å². The van der Waals surface area contributed by atoms with Gasteiger partial charge >= 0.3 is 0 Å². The molecule has 3 rings (SSSR count). The number of nitrogens with two attached hydrogens (primary N) is 1. The Morgan fingerprint density at radius 3 is 2.89 bits per heavy atom. The van der Waals surface area contributed by atoms with Crippen LogP contribution in [0.4, 0.5) is 4.39 Å². The van der Waals surface area contributed by atoms with Gasteiger partial charge in [0.05, 0.1) is 11.7 Å². The molecule has 1 aliphatic rings. The molecule has 0 aliphatic heterocycles. The van der Waals surface area contributed by atoms with Gasteiger partial charge in [-0.2, -0.15) is 0 Å². The molecule has 2 nitrogen and oxygen atoms in total. The smallest absolute Gasteiger partial charge is 0.126 e. The fraction of sp³-hybridized carbons (Fsp3) is 0.357. The Kier molecular flexibility index (Phi) is 2.92. The summed E-state index contributed by atoms with van der Waals surface area (Å²) < 4.78 is 13.5. The predicted octanol–water partition coefficient (Wildman–Crippen LogP) is 3.67. The molecule has 1 unspecified atom stereocenters. The van der Waals surface area contributed by atoms with Crippen LogP contribution in [0.1, 0.15) is 29.5 Å². The van der Waals surface area contributed by atoms with Crippen molar-refractivity contribution in [2.75, 3.05) is 0 Å². The topological polar surface area (TPSA) is 38.9 Å². The van der Waals surface area contributed by atoms with Crippen molar-refractivity contribution in [1.29, 1.82) is 0 Å². The van der Waals surface area contributed by atoms with Crippen LogP contribution in [0.25, 0.3) is 11.3 Å². The fourth-order valence-electron chi connectivity index (χ4n) is 1.98. The summed E-state index contributed by atoms with van der Waals surface area (Å²) in [7, 11) is 0. The molecule has 1 atom stereocenters. The minimum atomic E-state index is -0.187. The molecular formula is C14H15FN2S. The van der Waals surface area contributed by atoms with Crippen molar-refractivity contribution in [2.24, 2.45) is 11.7 Å². The normalized spacial score (nSPS) is 16.8. The summed E-state index contributed by atoms with van der Waals surface area (Å²) in [5.41, 5.74) is 8.42. The van der Waals surface area contributed by atoms with Crippen LogP contribution >= 0.6 is 11.3 Å². The van der Waals surface area contributed by atoms with Crippen LogP contribution in [0.15, 0.2) is 23.6 Å². The monoisotopic (exact) mass is 262 g/mol. The molecular weight excluding hydrogens is 247 g/mol. The first-order chi connectivity index (χ1) is 8.65. The van der Waals surface area contributed by atoms with Gasteiger partial charge in [-0.1, -0.05) is 12.1 Å². The summed E-state index contributed by atoms with van der Waals surface area (Å²) in [4.78, 5) is 4.54. The summed E-state index contributed by atoms with van der Waals surface area (Å²) in [5, 5.41) is 2.93. The second-order valence-corrected chi connectivity index (χ2v) is 5.79. The number of rotatable bonds is 3. The van der Waals surface area contributed by atoms with E-state index in [0.29, 0.717) is 11.5 Å². The van der Waals surface area contributed by atoms with E-state index in [-0.39, 0.29) is 11.9 Å². The third-order valence-corrected chi connectivity index (χ3v) is 4.35. The molecule has 2 N–H and O–H groups in total. The summed E-state index contributed by atoms with van der Waals surface area (Å²) in [6.45, 7) is 1.76. The molecule has 0 radical (unpaired) electrons. The maximum absolute atomic E-state index is 13.5. The summed E-state index contributed by atoms with van der Waals surface area (Å²) in [6.07, 6.45) is 2.41. The van der Waals surface area contributed by atoms with E-state index in [4.69, 9.17) is 5.73 Å². The highest BCUT2D eigenvalue weighted by Gasteiger charge is 2.31. The summed E-state index contributed by atoms with van der Waals surface area (Å²) in [5.74, 6) is 0.410. The minimum Gasteiger partial charge on any atom is -0.322 e. The van der Waals surface area contributed by atoms with Gasteiger partial charge in [0, 0.05) is 10.9 Å². The van der Waals surface area contributed by atoms with Crippen LogP contribution in [-0.4, -0.2) is 4.98 Å². The van der Waals surface area contributed by atoms with Crippen molar-refractivity contribution < 1.29 is 4.39 Å². The molecule has 1 aliphatic carbocycles. The molecule has 0 bridgehead atoms. The quantitative estimate of drug-likeness (QED) is 0.916. The third kappa shape index (κ3) is 2.18. The van der Waals surface area contributed by atoms with Gasteiger partial charge in [0.15, 0.2) is 0 Å². The van der Waals surface area contributed by atoms with Gasteiger partial charge in [-0.3, -0.25) is 0 Å². The van der Waals surface area contributed by atoms with E-state index >= 15 is 0 Å². The first kappa shape index (κ1) is 11.8. The maximum atomic E-state index is 13.5. The molecule has 94 valence electrons. The van der Waals surface area contributed by atoms with Gasteiger partial charge in [0.1, 0.15) is 10.8 Å². The Bertz CT molecular complexity index is 575. The average Bonchev–Trinajstić information content (AvgIpc) is 3.09. The lowest BCUT2D eigenvalue weighted by molar-refractivity contribution is 0.618. The molecule has 1 aromatic carbocycles. The van der Waals surface area contributed by atoms with E-state index in [0.717, 1.165) is 16.3 Å². The van der Waals surface area contributed by atoms with Crippen molar-refractivity contribution in [3.8, 4) is 11.3 Å². The molecule has 0 saturated heterocycles. The number of nitrogens with zero attached hydrogens (tertiary/aromatic N) is 1. The largest absolute Gasteiger partial charge is 0.322 e. The molecule has 1 aromatic heterocycles. The average molecular weight is 262 g/mol. The zero-order chi connectivity index (χ0) is 12.7. The van der Waals surface area contributed by atoms with Gasteiger partial charge in [0.25, 0.3) is 0 Å². The number of hydrogen-bond donors (Lipinski definition) is 1. The SMILES string of the molecule is Cc1ccc(-c2csc(C(N)C3CC3)n2)cc1F.